The quantitative estimate of drug-likeness (QED) is 0.563. The number of carbonyl (C=O) groups is 1. The zero-order valence-electron chi connectivity index (χ0n) is 13.2. The highest BCUT2D eigenvalue weighted by atomic mass is 35.5. The molecule has 4 aromatic rings. The minimum atomic E-state index is -0.359. The van der Waals surface area contributed by atoms with Crippen LogP contribution in [0, 0.1) is 6.92 Å². The first kappa shape index (κ1) is 16.7. The summed E-state index contributed by atoms with van der Waals surface area (Å²) < 4.78 is 5.47. The van der Waals surface area contributed by atoms with E-state index in [-0.39, 0.29) is 18.4 Å². The number of amides is 2. The van der Waals surface area contributed by atoms with Gasteiger partial charge in [0.1, 0.15) is 5.52 Å². The lowest BCUT2D eigenvalue weighted by Crippen LogP contribution is -2.19. The van der Waals surface area contributed by atoms with Gasteiger partial charge < -0.3 is 15.1 Å². The smallest absolute Gasteiger partial charge is 0.323 e. The number of urea groups is 1. The second-order valence-corrected chi connectivity index (χ2v) is 5.25. The average Bonchev–Trinajstić information content (AvgIpc) is 2.94. The van der Waals surface area contributed by atoms with Gasteiger partial charge in [0.2, 0.25) is 0 Å². The van der Waals surface area contributed by atoms with Gasteiger partial charge in [0, 0.05) is 42.7 Å². The number of nitrogens with zero attached hydrogens (tertiary/aromatic N) is 3. The standard InChI is InChI=1S/C17H13N5O2.ClH/c1-10-20-15-3-2-11(8-16(15)24-10)21-17(23)22-14-5-7-19-13-4-6-18-9-12(13)14;/h2-9H,1H3,(H2,19,21,22,23);1H. The highest BCUT2D eigenvalue weighted by Crippen LogP contribution is 2.22. The van der Waals surface area contributed by atoms with E-state index in [1.54, 1.807) is 55.8 Å². The number of oxazole rings is 1. The lowest BCUT2D eigenvalue weighted by atomic mass is 10.2. The predicted octanol–water partition coefficient (Wildman–Crippen LogP) is 4.15. The first-order valence-corrected chi connectivity index (χ1v) is 7.33. The molecule has 0 aliphatic carbocycles. The van der Waals surface area contributed by atoms with Crippen molar-refractivity contribution in [3.8, 4) is 0 Å². The molecule has 7 nitrogen and oxygen atoms in total. The van der Waals surface area contributed by atoms with Crippen molar-refractivity contribution in [3.63, 3.8) is 0 Å². The van der Waals surface area contributed by atoms with Gasteiger partial charge in [-0.25, -0.2) is 9.78 Å². The average molecular weight is 356 g/mol. The van der Waals surface area contributed by atoms with Gasteiger partial charge in [-0.2, -0.15) is 0 Å². The van der Waals surface area contributed by atoms with Gasteiger partial charge in [-0.1, -0.05) is 0 Å². The number of pyridine rings is 2. The maximum Gasteiger partial charge on any atom is 0.323 e. The van der Waals surface area contributed by atoms with Gasteiger partial charge in [-0.15, -0.1) is 12.4 Å². The van der Waals surface area contributed by atoms with Crippen molar-refractivity contribution >= 4 is 51.8 Å². The second kappa shape index (κ2) is 6.74. The molecule has 0 saturated carbocycles. The molecule has 8 heteroatoms. The Morgan fingerprint density at radius 2 is 1.96 bits per heavy atom. The number of fused-ring (bicyclic) bond motifs is 2. The number of hydrogen-bond donors (Lipinski definition) is 2. The van der Waals surface area contributed by atoms with Crippen molar-refractivity contribution in [2.75, 3.05) is 10.6 Å². The number of rotatable bonds is 2. The number of anilines is 2. The monoisotopic (exact) mass is 355 g/mol. The summed E-state index contributed by atoms with van der Waals surface area (Å²) in [6.45, 7) is 1.78. The summed E-state index contributed by atoms with van der Waals surface area (Å²) in [5.74, 6) is 0.586. The third kappa shape index (κ3) is 3.36. The molecule has 0 radical (unpaired) electrons. The molecule has 0 fully saturated rings. The summed E-state index contributed by atoms with van der Waals surface area (Å²) in [5, 5.41) is 6.36. The third-order valence-corrected chi connectivity index (χ3v) is 3.54. The molecule has 3 heterocycles. The number of hydrogen-bond acceptors (Lipinski definition) is 5. The van der Waals surface area contributed by atoms with E-state index < -0.39 is 0 Å². The summed E-state index contributed by atoms with van der Waals surface area (Å²) in [7, 11) is 0. The maximum absolute atomic E-state index is 12.3. The highest BCUT2D eigenvalue weighted by molar-refractivity contribution is 6.05. The van der Waals surface area contributed by atoms with Crippen LogP contribution in [0.1, 0.15) is 5.89 Å². The SMILES string of the molecule is Cc1nc2ccc(NC(=O)Nc3ccnc4ccncc34)cc2o1.Cl. The minimum Gasteiger partial charge on any atom is -0.441 e. The fourth-order valence-electron chi connectivity index (χ4n) is 2.50. The number of halogens is 1. The number of aromatic nitrogens is 3. The Morgan fingerprint density at radius 3 is 2.84 bits per heavy atom. The number of aryl methyl sites for hydroxylation is 1. The van der Waals surface area contributed by atoms with Gasteiger partial charge in [0.15, 0.2) is 11.5 Å². The fourth-order valence-corrected chi connectivity index (χ4v) is 2.50. The molecule has 0 aliphatic rings. The first-order valence-electron chi connectivity index (χ1n) is 7.33. The molecule has 126 valence electrons. The Balaban J connectivity index is 0.00000182. The molecule has 0 spiro atoms. The van der Waals surface area contributed by atoms with Crippen LogP contribution in [0.2, 0.25) is 0 Å². The summed E-state index contributed by atoms with van der Waals surface area (Å²) in [4.78, 5) is 24.8. The van der Waals surface area contributed by atoms with Crippen LogP contribution in [0.5, 0.6) is 0 Å². The lowest BCUT2D eigenvalue weighted by Gasteiger charge is -2.09. The largest absolute Gasteiger partial charge is 0.441 e. The molecule has 4 rings (SSSR count). The fraction of sp³-hybridized carbons (Fsp3) is 0.0588. The molecule has 0 saturated heterocycles. The molecule has 0 atom stereocenters. The van der Waals surface area contributed by atoms with Crippen LogP contribution in [-0.4, -0.2) is 21.0 Å². The van der Waals surface area contributed by atoms with Crippen molar-refractivity contribution in [1.82, 2.24) is 15.0 Å². The van der Waals surface area contributed by atoms with E-state index in [4.69, 9.17) is 4.42 Å². The molecule has 2 N–H and O–H groups in total. The summed E-state index contributed by atoms with van der Waals surface area (Å²) in [6.07, 6.45) is 4.97. The van der Waals surface area contributed by atoms with Gasteiger partial charge in [0.25, 0.3) is 0 Å². The predicted molar refractivity (Wildman–Crippen MR) is 98.2 cm³/mol. The lowest BCUT2D eigenvalue weighted by molar-refractivity contribution is 0.262. The molecular formula is C17H14ClN5O2. The Kier molecular flexibility index (Phi) is 4.49. The van der Waals surface area contributed by atoms with E-state index in [0.29, 0.717) is 22.8 Å². The second-order valence-electron chi connectivity index (χ2n) is 5.25. The highest BCUT2D eigenvalue weighted by Gasteiger charge is 2.08. The normalized spacial score (nSPS) is 10.4. The van der Waals surface area contributed by atoms with Crippen molar-refractivity contribution in [1.29, 1.82) is 0 Å². The molecule has 0 bridgehead atoms. The van der Waals surface area contributed by atoms with Crippen LogP contribution in [-0.2, 0) is 0 Å². The Labute approximate surface area is 148 Å². The van der Waals surface area contributed by atoms with Gasteiger partial charge >= 0.3 is 6.03 Å². The topological polar surface area (TPSA) is 92.9 Å². The van der Waals surface area contributed by atoms with Crippen molar-refractivity contribution in [3.05, 3.63) is 54.8 Å². The van der Waals surface area contributed by atoms with Gasteiger partial charge in [0.05, 0.1) is 11.2 Å². The molecular weight excluding hydrogens is 342 g/mol. The van der Waals surface area contributed by atoms with Crippen molar-refractivity contribution < 1.29 is 9.21 Å². The van der Waals surface area contributed by atoms with Crippen LogP contribution in [0.4, 0.5) is 16.2 Å². The summed E-state index contributed by atoms with van der Waals surface area (Å²) in [5.41, 5.74) is 3.41. The van der Waals surface area contributed by atoms with E-state index in [2.05, 4.69) is 25.6 Å². The minimum absolute atomic E-state index is 0. The van der Waals surface area contributed by atoms with E-state index >= 15 is 0 Å². The van der Waals surface area contributed by atoms with Crippen molar-refractivity contribution in [2.24, 2.45) is 0 Å². The summed E-state index contributed by atoms with van der Waals surface area (Å²) in [6, 6.07) is 8.47. The van der Waals surface area contributed by atoms with E-state index in [1.807, 2.05) is 0 Å². The molecule has 2 amide bonds. The third-order valence-electron chi connectivity index (χ3n) is 3.54. The Bertz CT molecular complexity index is 1060. The van der Waals surface area contributed by atoms with Gasteiger partial charge in [-0.3, -0.25) is 9.97 Å². The number of benzene rings is 1. The zero-order valence-corrected chi connectivity index (χ0v) is 14.0. The van der Waals surface area contributed by atoms with E-state index in [9.17, 15) is 4.79 Å². The molecule has 3 aromatic heterocycles. The maximum atomic E-state index is 12.3. The number of carbonyl (C=O) groups excluding carboxylic acids is 1. The zero-order chi connectivity index (χ0) is 16.5. The van der Waals surface area contributed by atoms with E-state index in [0.717, 1.165) is 16.4 Å². The molecule has 0 unspecified atom stereocenters. The molecule has 0 aliphatic heterocycles. The number of nitrogens with one attached hydrogen (secondary N) is 2. The Morgan fingerprint density at radius 1 is 1.08 bits per heavy atom. The van der Waals surface area contributed by atoms with Crippen LogP contribution in [0.15, 0.2) is 53.3 Å². The first-order chi connectivity index (χ1) is 11.7. The Hall–Kier alpha value is -3.19. The van der Waals surface area contributed by atoms with E-state index in [1.165, 1.54) is 0 Å². The van der Waals surface area contributed by atoms with Crippen LogP contribution < -0.4 is 10.6 Å². The van der Waals surface area contributed by atoms with Crippen LogP contribution in [0.25, 0.3) is 22.0 Å². The summed E-state index contributed by atoms with van der Waals surface area (Å²) >= 11 is 0. The van der Waals surface area contributed by atoms with Crippen molar-refractivity contribution in [2.45, 2.75) is 6.92 Å². The van der Waals surface area contributed by atoms with Crippen LogP contribution >= 0.6 is 12.4 Å². The molecule has 1 aromatic carbocycles. The van der Waals surface area contributed by atoms with Gasteiger partial charge in [-0.05, 0) is 24.3 Å². The van der Waals surface area contributed by atoms with Crippen LogP contribution in [0.3, 0.4) is 0 Å². The molecule has 25 heavy (non-hydrogen) atoms.